The number of ether oxygens (including phenoxy) is 1. The molecule has 1 fully saturated rings. The van der Waals surface area contributed by atoms with Crippen LogP contribution in [-0.2, 0) is 16.0 Å². The summed E-state index contributed by atoms with van der Waals surface area (Å²) < 4.78 is 5.97. The molecule has 1 aliphatic rings. The van der Waals surface area contributed by atoms with Crippen molar-refractivity contribution in [2.45, 2.75) is 25.9 Å². The van der Waals surface area contributed by atoms with E-state index in [0.29, 0.717) is 37.6 Å². The Hall–Kier alpha value is -2.96. The van der Waals surface area contributed by atoms with Crippen molar-refractivity contribution in [2.24, 2.45) is 0 Å². The van der Waals surface area contributed by atoms with Crippen LogP contribution in [-0.4, -0.2) is 40.5 Å². The molecule has 0 aliphatic carbocycles. The summed E-state index contributed by atoms with van der Waals surface area (Å²) in [5, 5.41) is 3.99. The van der Waals surface area contributed by atoms with Gasteiger partial charge >= 0.3 is 0 Å². The van der Waals surface area contributed by atoms with Crippen molar-refractivity contribution in [3.63, 3.8) is 0 Å². The Balaban J connectivity index is 1.41. The molecule has 160 valence electrons. The molecule has 3 heterocycles. The number of benzene rings is 1. The van der Waals surface area contributed by atoms with Gasteiger partial charge in [-0.15, -0.1) is 0 Å². The number of rotatable bonds is 6. The number of pyridine rings is 2. The molecule has 7 heteroatoms. The minimum absolute atomic E-state index is 0.118. The van der Waals surface area contributed by atoms with Gasteiger partial charge in [0.15, 0.2) is 0 Å². The number of hydrogen-bond donors (Lipinski definition) is 1. The topological polar surface area (TPSA) is 67.4 Å². The number of carbonyl (C=O) groups excluding carboxylic acids is 1. The van der Waals surface area contributed by atoms with Crippen LogP contribution in [0, 0.1) is 6.92 Å². The van der Waals surface area contributed by atoms with Gasteiger partial charge in [0.2, 0.25) is 5.91 Å². The first-order chi connectivity index (χ1) is 15.1. The van der Waals surface area contributed by atoms with Gasteiger partial charge in [-0.3, -0.25) is 9.78 Å². The summed E-state index contributed by atoms with van der Waals surface area (Å²) in [6.45, 7) is 3.53. The van der Waals surface area contributed by atoms with Crippen LogP contribution in [0.5, 0.6) is 0 Å². The lowest BCUT2D eigenvalue weighted by atomic mass is 10.1. The Labute approximate surface area is 187 Å². The molecule has 1 N–H and O–H groups in total. The first-order valence-corrected chi connectivity index (χ1v) is 10.7. The van der Waals surface area contributed by atoms with Crippen LogP contribution in [0.2, 0.25) is 5.02 Å². The van der Waals surface area contributed by atoms with Crippen molar-refractivity contribution in [3.8, 4) is 0 Å². The summed E-state index contributed by atoms with van der Waals surface area (Å²) in [5.74, 6) is 0.884. The average molecular weight is 437 g/mol. The lowest BCUT2D eigenvalue weighted by molar-refractivity contribution is -0.139. The number of morpholine rings is 1. The van der Waals surface area contributed by atoms with Crippen LogP contribution >= 0.6 is 11.6 Å². The fourth-order valence-electron chi connectivity index (χ4n) is 3.67. The Kier molecular flexibility index (Phi) is 6.79. The third kappa shape index (κ3) is 5.81. The van der Waals surface area contributed by atoms with E-state index in [9.17, 15) is 4.79 Å². The SMILES string of the molecule is Cc1cc(Nc2ccccn2)cc([C@H]2CN(C(=O)CCc3cccc(Cl)c3)CCO2)n1. The Morgan fingerprint density at radius 3 is 2.94 bits per heavy atom. The second-order valence-electron chi connectivity index (χ2n) is 7.59. The van der Waals surface area contributed by atoms with E-state index in [1.807, 2.05) is 66.4 Å². The molecule has 0 unspecified atom stereocenters. The fraction of sp³-hybridized carbons (Fsp3) is 0.292. The number of nitrogens with one attached hydrogen (secondary N) is 1. The quantitative estimate of drug-likeness (QED) is 0.605. The van der Waals surface area contributed by atoms with Gasteiger partial charge in [-0.25, -0.2) is 4.98 Å². The minimum atomic E-state index is -0.256. The molecule has 1 saturated heterocycles. The van der Waals surface area contributed by atoms with E-state index in [4.69, 9.17) is 16.3 Å². The molecule has 0 saturated carbocycles. The van der Waals surface area contributed by atoms with Crippen LogP contribution in [0.1, 0.15) is 29.5 Å². The monoisotopic (exact) mass is 436 g/mol. The molecular formula is C24H25ClN4O2. The highest BCUT2D eigenvalue weighted by Crippen LogP contribution is 2.25. The number of amides is 1. The van der Waals surface area contributed by atoms with Gasteiger partial charge in [0.1, 0.15) is 11.9 Å². The van der Waals surface area contributed by atoms with Crippen LogP contribution in [0.15, 0.2) is 60.8 Å². The van der Waals surface area contributed by atoms with E-state index >= 15 is 0 Å². The summed E-state index contributed by atoms with van der Waals surface area (Å²) in [5.41, 5.74) is 3.65. The lowest BCUT2D eigenvalue weighted by Crippen LogP contribution is -2.42. The zero-order valence-corrected chi connectivity index (χ0v) is 18.2. The normalized spacial score (nSPS) is 16.2. The molecule has 1 aliphatic heterocycles. The van der Waals surface area contributed by atoms with Gasteiger partial charge in [0.25, 0.3) is 0 Å². The first-order valence-electron chi connectivity index (χ1n) is 10.4. The summed E-state index contributed by atoms with van der Waals surface area (Å²) in [6, 6.07) is 17.3. The van der Waals surface area contributed by atoms with Crippen LogP contribution in [0.4, 0.5) is 11.5 Å². The third-order valence-electron chi connectivity index (χ3n) is 5.18. The van der Waals surface area contributed by atoms with Crippen LogP contribution in [0.3, 0.4) is 0 Å². The number of nitrogens with zero attached hydrogens (tertiary/aromatic N) is 3. The van der Waals surface area contributed by atoms with Crippen molar-refractivity contribution in [1.82, 2.24) is 14.9 Å². The second-order valence-corrected chi connectivity index (χ2v) is 8.03. The Bertz CT molecular complexity index is 1040. The maximum atomic E-state index is 12.8. The molecule has 3 aromatic rings. The Morgan fingerprint density at radius 2 is 2.13 bits per heavy atom. The molecule has 0 spiro atoms. The number of carbonyl (C=O) groups is 1. The highest BCUT2D eigenvalue weighted by Gasteiger charge is 2.26. The summed E-state index contributed by atoms with van der Waals surface area (Å²) >= 11 is 6.04. The maximum Gasteiger partial charge on any atom is 0.223 e. The predicted molar refractivity (Wildman–Crippen MR) is 122 cm³/mol. The smallest absolute Gasteiger partial charge is 0.223 e. The Morgan fingerprint density at radius 1 is 1.23 bits per heavy atom. The van der Waals surface area contributed by atoms with Gasteiger partial charge in [-0.2, -0.15) is 0 Å². The van der Waals surface area contributed by atoms with Crippen molar-refractivity contribution in [3.05, 3.63) is 82.8 Å². The molecule has 31 heavy (non-hydrogen) atoms. The number of halogens is 1. The molecule has 2 aromatic heterocycles. The molecule has 0 radical (unpaired) electrons. The molecule has 0 bridgehead atoms. The van der Waals surface area contributed by atoms with Crippen molar-refractivity contribution in [2.75, 3.05) is 25.0 Å². The zero-order chi connectivity index (χ0) is 21.6. The van der Waals surface area contributed by atoms with Crippen molar-refractivity contribution < 1.29 is 9.53 Å². The molecule has 1 atom stereocenters. The van der Waals surface area contributed by atoms with E-state index in [0.717, 1.165) is 28.5 Å². The lowest BCUT2D eigenvalue weighted by Gasteiger charge is -2.33. The van der Waals surface area contributed by atoms with Crippen LogP contribution < -0.4 is 5.32 Å². The van der Waals surface area contributed by atoms with Gasteiger partial charge in [0, 0.05) is 35.6 Å². The molecule has 6 nitrogen and oxygen atoms in total. The minimum Gasteiger partial charge on any atom is -0.368 e. The number of aryl methyl sites for hydroxylation is 2. The van der Waals surface area contributed by atoms with Crippen molar-refractivity contribution in [1.29, 1.82) is 0 Å². The van der Waals surface area contributed by atoms with Gasteiger partial charge < -0.3 is 15.0 Å². The van der Waals surface area contributed by atoms with E-state index in [2.05, 4.69) is 15.3 Å². The standard InChI is InChI=1S/C24H25ClN4O2/c1-17-13-20(28-23-7-2-3-10-26-23)15-21(27-17)22-16-29(11-12-31-22)24(30)9-8-18-5-4-6-19(25)14-18/h2-7,10,13-15,22H,8-9,11-12,16H2,1H3,(H,26,27,28)/t22-/m1/s1. The predicted octanol–water partition coefficient (Wildman–Crippen LogP) is 4.71. The number of hydrogen-bond acceptors (Lipinski definition) is 5. The molecule has 1 aromatic carbocycles. The van der Waals surface area contributed by atoms with Crippen LogP contribution in [0.25, 0.3) is 0 Å². The fourth-order valence-corrected chi connectivity index (χ4v) is 3.89. The molecular weight excluding hydrogens is 412 g/mol. The van der Waals surface area contributed by atoms with Gasteiger partial charge in [0.05, 0.1) is 18.8 Å². The molecule has 1 amide bonds. The van der Waals surface area contributed by atoms with E-state index in [1.165, 1.54) is 0 Å². The van der Waals surface area contributed by atoms with Gasteiger partial charge in [-0.05, 0) is 55.3 Å². The summed E-state index contributed by atoms with van der Waals surface area (Å²) in [6.07, 6.45) is 2.60. The van der Waals surface area contributed by atoms with Crippen molar-refractivity contribution >= 4 is 29.0 Å². The first kappa shape index (κ1) is 21.3. The maximum absolute atomic E-state index is 12.8. The number of aromatic nitrogens is 2. The number of anilines is 2. The third-order valence-corrected chi connectivity index (χ3v) is 5.41. The summed E-state index contributed by atoms with van der Waals surface area (Å²) in [7, 11) is 0. The second kappa shape index (κ2) is 9.90. The highest BCUT2D eigenvalue weighted by molar-refractivity contribution is 6.30. The van der Waals surface area contributed by atoms with E-state index in [1.54, 1.807) is 6.20 Å². The van der Waals surface area contributed by atoms with E-state index < -0.39 is 0 Å². The zero-order valence-electron chi connectivity index (χ0n) is 17.4. The molecule has 4 rings (SSSR count). The van der Waals surface area contributed by atoms with Gasteiger partial charge in [-0.1, -0.05) is 29.8 Å². The summed E-state index contributed by atoms with van der Waals surface area (Å²) in [4.78, 5) is 23.6. The largest absolute Gasteiger partial charge is 0.368 e. The average Bonchev–Trinajstić information content (AvgIpc) is 2.78. The highest BCUT2D eigenvalue weighted by atomic mass is 35.5. The van der Waals surface area contributed by atoms with E-state index in [-0.39, 0.29) is 12.0 Å².